The molecule has 0 spiro atoms. The van der Waals surface area contributed by atoms with Crippen LogP contribution in [-0.4, -0.2) is 32.4 Å². The van der Waals surface area contributed by atoms with Crippen LogP contribution >= 0.6 is 11.6 Å². The zero-order chi connectivity index (χ0) is 20.7. The van der Waals surface area contributed by atoms with Gasteiger partial charge in [-0.3, -0.25) is 0 Å². The van der Waals surface area contributed by atoms with Gasteiger partial charge in [0, 0.05) is 30.9 Å². The number of nitrogens with zero attached hydrogens (tertiary/aromatic N) is 1. The number of nitrogens with one attached hydrogen (secondary N) is 1. The second-order valence-electron chi connectivity index (χ2n) is 6.76. The van der Waals surface area contributed by atoms with Crippen LogP contribution < -0.4 is 5.32 Å². The molecule has 9 heteroatoms. The Balaban J connectivity index is 2.05. The number of hydrogen-bond acceptors (Lipinski definition) is 3. The highest BCUT2D eigenvalue weighted by Crippen LogP contribution is 2.43. The standard InChI is InChI=1S/C19H20ClF3N2O2S/c1-12-4-3-9-25(12)28(26,27)15-7-5-13(6-8-15)18-16(19(21,22)23)10-14(24-2)11-17(18)20/h5-8,10-12,24H,3-4,9H2,1-2H3/t12-/m1/s1. The van der Waals surface area contributed by atoms with Gasteiger partial charge in [0.1, 0.15) is 0 Å². The van der Waals surface area contributed by atoms with Gasteiger partial charge in [-0.25, -0.2) is 8.42 Å². The summed E-state index contributed by atoms with van der Waals surface area (Å²) in [6.07, 6.45) is -3.03. The van der Waals surface area contributed by atoms with Crippen molar-refractivity contribution in [2.75, 3.05) is 18.9 Å². The summed E-state index contributed by atoms with van der Waals surface area (Å²) in [4.78, 5) is 0.0570. The van der Waals surface area contributed by atoms with Crippen LogP contribution in [0.4, 0.5) is 18.9 Å². The van der Waals surface area contributed by atoms with Gasteiger partial charge in [0.15, 0.2) is 0 Å². The fourth-order valence-electron chi connectivity index (χ4n) is 3.46. The Labute approximate surface area is 167 Å². The van der Waals surface area contributed by atoms with Gasteiger partial charge in [-0.2, -0.15) is 17.5 Å². The van der Waals surface area contributed by atoms with Crippen molar-refractivity contribution in [3.05, 3.63) is 47.0 Å². The SMILES string of the molecule is CNc1cc(Cl)c(-c2ccc(S(=O)(=O)N3CCC[C@H]3C)cc2)c(C(F)(F)F)c1. The molecular formula is C19H20ClF3N2O2S. The van der Waals surface area contributed by atoms with E-state index in [1.165, 1.54) is 41.7 Å². The second-order valence-corrected chi connectivity index (χ2v) is 9.06. The predicted octanol–water partition coefficient (Wildman–Crippen LogP) is 5.24. The summed E-state index contributed by atoms with van der Waals surface area (Å²) < 4.78 is 67.7. The number of alkyl halides is 3. The van der Waals surface area contributed by atoms with E-state index in [9.17, 15) is 21.6 Å². The van der Waals surface area contributed by atoms with E-state index in [-0.39, 0.29) is 32.8 Å². The van der Waals surface area contributed by atoms with Crippen molar-refractivity contribution in [1.82, 2.24) is 4.31 Å². The minimum atomic E-state index is -4.61. The van der Waals surface area contributed by atoms with Crippen molar-refractivity contribution in [2.24, 2.45) is 0 Å². The molecule has 2 aromatic rings. The van der Waals surface area contributed by atoms with E-state index in [1.54, 1.807) is 0 Å². The van der Waals surface area contributed by atoms with Gasteiger partial charge in [-0.1, -0.05) is 23.7 Å². The van der Waals surface area contributed by atoms with Crippen LogP contribution in [-0.2, 0) is 16.2 Å². The molecule has 1 atom stereocenters. The Hall–Kier alpha value is -1.77. The zero-order valence-electron chi connectivity index (χ0n) is 15.3. The third-order valence-electron chi connectivity index (χ3n) is 4.93. The molecule has 1 heterocycles. The zero-order valence-corrected chi connectivity index (χ0v) is 16.9. The fourth-order valence-corrected chi connectivity index (χ4v) is 5.49. The molecule has 3 rings (SSSR count). The maximum absolute atomic E-state index is 13.6. The van der Waals surface area contributed by atoms with Crippen LogP contribution in [0.3, 0.4) is 0 Å². The van der Waals surface area contributed by atoms with E-state index in [2.05, 4.69) is 5.32 Å². The Bertz CT molecular complexity index is 976. The van der Waals surface area contributed by atoms with E-state index in [4.69, 9.17) is 11.6 Å². The van der Waals surface area contributed by atoms with E-state index in [0.29, 0.717) is 6.54 Å². The van der Waals surface area contributed by atoms with Crippen LogP contribution in [0, 0.1) is 0 Å². The molecule has 1 aliphatic heterocycles. The monoisotopic (exact) mass is 432 g/mol. The van der Waals surface area contributed by atoms with Crippen LogP contribution in [0.1, 0.15) is 25.3 Å². The van der Waals surface area contributed by atoms with Crippen molar-refractivity contribution in [3.8, 4) is 11.1 Å². The Morgan fingerprint density at radius 2 is 1.82 bits per heavy atom. The highest BCUT2D eigenvalue weighted by Gasteiger charge is 2.36. The number of benzene rings is 2. The Kier molecular flexibility index (Phi) is 5.67. The summed E-state index contributed by atoms with van der Waals surface area (Å²) >= 11 is 6.14. The smallest absolute Gasteiger partial charge is 0.388 e. The lowest BCUT2D eigenvalue weighted by Gasteiger charge is -2.21. The molecule has 0 aliphatic carbocycles. The molecule has 0 radical (unpaired) electrons. The van der Waals surface area contributed by atoms with Crippen molar-refractivity contribution >= 4 is 27.3 Å². The minimum Gasteiger partial charge on any atom is -0.388 e. The molecule has 1 fully saturated rings. The van der Waals surface area contributed by atoms with Crippen LogP contribution in [0.5, 0.6) is 0 Å². The number of rotatable bonds is 4. The molecule has 1 N–H and O–H groups in total. The largest absolute Gasteiger partial charge is 0.417 e. The lowest BCUT2D eigenvalue weighted by atomic mass is 9.98. The lowest BCUT2D eigenvalue weighted by molar-refractivity contribution is -0.137. The van der Waals surface area contributed by atoms with Gasteiger partial charge >= 0.3 is 6.18 Å². The number of sulfonamides is 1. The molecule has 0 aromatic heterocycles. The highest BCUT2D eigenvalue weighted by atomic mass is 35.5. The molecule has 0 amide bonds. The molecule has 2 aromatic carbocycles. The van der Waals surface area contributed by atoms with Gasteiger partial charge in [0.25, 0.3) is 0 Å². The first-order chi connectivity index (χ1) is 13.1. The van der Waals surface area contributed by atoms with Crippen LogP contribution in [0.15, 0.2) is 41.3 Å². The van der Waals surface area contributed by atoms with E-state index >= 15 is 0 Å². The van der Waals surface area contributed by atoms with E-state index < -0.39 is 21.8 Å². The van der Waals surface area contributed by atoms with E-state index in [1.807, 2.05) is 6.92 Å². The molecular weight excluding hydrogens is 413 g/mol. The number of halogens is 4. The van der Waals surface area contributed by atoms with Gasteiger partial charge in [0.05, 0.1) is 15.5 Å². The third-order valence-corrected chi connectivity index (χ3v) is 7.25. The van der Waals surface area contributed by atoms with Gasteiger partial charge in [-0.05, 0) is 49.6 Å². The second kappa shape index (κ2) is 7.57. The topological polar surface area (TPSA) is 49.4 Å². The van der Waals surface area contributed by atoms with Gasteiger partial charge in [-0.15, -0.1) is 0 Å². The predicted molar refractivity (Wildman–Crippen MR) is 104 cm³/mol. The summed E-state index contributed by atoms with van der Waals surface area (Å²) in [5, 5.41) is 2.59. The van der Waals surface area contributed by atoms with Crippen LogP contribution in [0.25, 0.3) is 11.1 Å². The third kappa shape index (κ3) is 3.86. The summed E-state index contributed by atoms with van der Waals surface area (Å²) in [5.41, 5.74) is -0.614. The summed E-state index contributed by atoms with van der Waals surface area (Å²) in [6.45, 7) is 2.29. The van der Waals surface area contributed by atoms with Gasteiger partial charge in [0.2, 0.25) is 10.0 Å². The van der Waals surface area contributed by atoms with Crippen molar-refractivity contribution in [1.29, 1.82) is 0 Å². The average Bonchev–Trinajstić information content (AvgIpc) is 3.07. The van der Waals surface area contributed by atoms with Gasteiger partial charge < -0.3 is 5.32 Å². The molecule has 0 bridgehead atoms. The first-order valence-electron chi connectivity index (χ1n) is 8.76. The number of anilines is 1. The van der Waals surface area contributed by atoms with Crippen LogP contribution in [0.2, 0.25) is 5.02 Å². The average molecular weight is 433 g/mol. The van der Waals surface area contributed by atoms with Crippen molar-refractivity contribution in [3.63, 3.8) is 0 Å². The molecule has 0 saturated carbocycles. The first-order valence-corrected chi connectivity index (χ1v) is 10.6. The normalized spacial score (nSPS) is 18.4. The lowest BCUT2D eigenvalue weighted by Crippen LogP contribution is -2.33. The summed E-state index contributed by atoms with van der Waals surface area (Å²) in [7, 11) is -2.17. The maximum Gasteiger partial charge on any atom is 0.417 e. The summed E-state index contributed by atoms with van der Waals surface area (Å²) in [5.74, 6) is 0. The van der Waals surface area contributed by atoms with E-state index in [0.717, 1.165) is 18.9 Å². The first kappa shape index (κ1) is 21.0. The summed E-state index contributed by atoms with van der Waals surface area (Å²) in [6, 6.07) is 7.69. The molecule has 28 heavy (non-hydrogen) atoms. The molecule has 1 aliphatic rings. The molecule has 0 unspecified atom stereocenters. The number of hydrogen-bond donors (Lipinski definition) is 1. The molecule has 1 saturated heterocycles. The fraction of sp³-hybridized carbons (Fsp3) is 0.368. The molecule has 152 valence electrons. The maximum atomic E-state index is 13.6. The Morgan fingerprint density at radius 3 is 2.32 bits per heavy atom. The highest BCUT2D eigenvalue weighted by molar-refractivity contribution is 7.89. The quantitative estimate of drug-likeness (QED) is 0.718. The molecule has 4 nitrogen and oxygen atoms in total. The minimum absolute atomic E-state index is 0.0570. The Morgan fingerprint density at radius 1 is 1.18 bits per heavy atom. The van der Waals surface area contributed by atoms with Crippen molar-refractivity contribution in [2.45, 2.75) is 36.9 Å². The van der Waals surface area contributed by atoms with Crippen molar-refractivity contribution < 1.29 is 21.6 Å².